The summed E-state index contributed by atoms with van der Waals surface area (Å²) in [6.45, 7) is 3.65. The molecule has 0 N–H and O–H groups in total. The Bertz CT molecular complexity index is 380. The van der Waals surface area contributed by atoms with Crippen LogP contribution < -0.4 is 0 Å². The third-order valence-corrected chi connectivity index (χ3v) is 1.87. The average Bonchev–Trinajstić information content (AvgIpc) is 2.61. The molecule has 0 fully saturated rings. The largest absolute Gasteiger partial charge is 0.465 e. The quantitative estimate of drug-likeness (QED) is 0.675. The number of nitrogens with zero attached hydrogens (tertiary/aromatic N) is 3. The highest BCUT2D eigenvalue weighted by Crippen LogP contribution is 2.10. The number of aryl methyl sites for hydroxylation is 1. The van der Waals surface area contributed by atoms with Crippen LogP contribution in [0.1, 0.15) is 18.3 Å². The van der Waals surface area contributed by atoms with Gasteiger partial charge in [-0.3, -0.25) is 4.79 Å². The van der Waals surface area contributed by atoms with Crippen molar-refractivity contribution in [2.24, 2.45) is 5.92 Å². The molecular weight excluding hydrogens is 198 g/mol. The molecule has 6 heteroatoms. The first-order chi connectivity index (χ1) is 7.19. The number of aromatic nitrogens is 2. The van der Waals surface area contributed by atoms with Crippen LogP contribution in [0.4, 0.5) is 0 Å². The number of hydrogen-bond acceptors (Lipinski definition) is 6. The maximum absolute atomic E-state index is 11.3. The van der Waals surface area contributed by atoms with E-state index in [1.807, 2.05) is 6.07 Å². The molecule has 0 aliphatic rings. The number of carbonyl (C=O) groups is 1. The van der Waals surface area contributed by atoms with Gasteiger partial charge in [0.15, 0.2) is 0 Å². The van der Waals surface area contributed by atoms with Crippen LogP contribution in [0.5, 0.6) is 0 Å². The first-order valence-corrected chi connectivity index (χ1v) is 4.53. The molecule has 1 aromatic rings. The molecule has 15 heavy (non-hydrogen) atoms. The van der Waals surface area contributed by atoms with E-state index in [1.54, 1.807) is 13.8 Å². The number of rotatable bonds is 4. The summed E-state index contributed by atoms with van der Waals surface area (Å²) >= 11 is 0. The predicted molar refractivity (Wildman–Crippen MR) is 48.5 cm³/mol. The van der Waals surface area contributed by atoms with Gasteiger partial charge in [-0.25, -0.2) is 4.63 Å². The van der Waals surface area contributed by atoms with Gasteiger partial charge in [0.2, 0.25) is 0 Å². The molecule has 0 spiro atoms. The zero-order valence-corrected chi connectivity index (χ0v) is 8.56. The van der Waals surface area contributed by atoms with E-state index in [0.29, 0.717) is 11.4 Å². The van der Waals surface area contributed by atoms with Crippen LogP contribution in [0.25, 0.3) is 0 Å². The van der Waals surface area contributed by atoms with Crippen molar-refractivity contribution >= 4 is 5.97 Å². The van der Waals surface area contributed by atoms with Gasteiger partial charge in [-0.15, -0.1) is 0 Å². The maximum Gasteiger partial charge on any atom is 0.323 e. The molecule has 1 aromatic heterocycles. The summed E-state index contributed by atoms with van der Waals surface area (Å²) in [5, 5.41) is 15.9. The summed E-state index contributed by atoms with van der Waals surface area (Å²) in [6, 6.07) is 1.87. The molecule has 6 nitrogen and oxygen atoms in total. The monoisotopic (exact) mass is 209 g/mol. The van der Waals surface area contributed by atoms with Gasteiger partial charge in [0.1, 0.15) is 17.3 Å². The molecule has 0 saturated carbocycles. The Hall–Kier alpha value is -1.90. The van der Waals surface area contributed by atoms with Gasteiger partial charge in [-0.05, 0) is 13.8 Å². The van der Waals surface area contributed by atoms with Crippen LogP contribution in [-0.2, 0) is 16.0 Å². The number of hydrogen-bond donors (Lipinski definition) is 0. The Morgan fingerprint density at radius 3 is 2.87 bits per heavy atom. The van der Waals surface area contributed by atoms with Gasteiger partial charge in [0.25, 0.3) is 0 Å². The van der Waals surface area contributed by atoms with Crippen molar-refractivity contribution in [2.45, 2.75) is 20.3 Å². The molecule has 0 saturated heterocycles. The highest BCUT2D eigenvalue weighted by atomic mass is 16.6. The third kappa shape index (κ3) is 2.77. The SMILES string of the molecule is CCOC(=O)C(C#N)Cc1nonc1C. The molecule has 0 radical (unpaired) electrons. The second kappa shape index (κ2) is 5.10. The van der Waals surface area contributed by atoms with E-state index in [-0.39, 0.29) is 13.0 Å². The van der Waals surface area contributed by atoms with Crippen LogP contribution in [0, 0.1) is 24.2 Å². The van der Waals surface area contributed by atoms with Crippen molar-refractivity contribution < 1.29 is 14.2 Å². The number of esters is 1. The van der Waals surface area contributed by atoms with E-state index in [2.05, 4.69) is 14.9 Å². The summed E-state index contributed by atoms with van der Waals surface area (Å²) in [7, 11) is 0. The highest BCUT2D eigenvalue weighted by Gasteiger charge is 2.22. The first-order valence-electron chi connectivity index (χ1n) is 4.53. The summed E-state index contributed by atoms with van der Waals surface area (Å²) in [5.41, 5.74) is 1.09. The number of ether oxygens (including phenoxy) is 1. The Labute approximate surface area is 86.8 Å². The minimum atomic E-state index is -0.851. The van der Waals surface area contributed by atoms with Crippen LogP contribution in [0.2, 0.25) is 0 Å². The smallest absolute Gasteiger partial charge is 0.323 e. The fourth-order valence-electron chi connectivity index (χ4n) is 1.05. The van der Waals surface area contributed by atoms with Gasteiger partial charge in [-0.1, -0.05) is 10.3 Å². The Morgan fingerprint density at radius 2 is 2.40 bits per heavy atom. The number of nitriles is 1. The van der Waals surface area contributed by atoms with Crippen LogP contribution >= 0.6 is 0 Å². The lowest BCUT2D eigenvalue weighted by Crippen LogP contribution is -2.19. The topological polar surface area (TPSA) is 89.0 Å². The summed E-state index contributed by atoms with van der Waals surface area (Å²) in [6.07, 6.45) is 0.171. The lowest BCUT2D eigenvalue weighted by Gasteiger charge is -2.05. The second-order valence-corrected chi connectivity index (χ2v) is 2.93. The Kier molecular flexibility index (Phi) is 3.80. The molecule has 1 unspecified atom stereocenters. The molecule has 1 heterocycles. The van der Waals surface area contributed by atoms with Crippen molar-refractivity contribution in [3.05, 3.63) is 11.4 Å². The molecule has 1 atom stereocenters. The van der Waals surface area contributed by atoms with Crippen molar-refractivity contribution in [1.82, 2.24) is 10.3 Å². The Balaban J connectivity index is 2.67. The van der Waals surface area contributed by atoms with Crippen molar-refractivity contribution in [3.8, 4) is 6.07 Å². The molecule has 0 aromatic carbocycles. The van der Waals surface area contributed by atoms with Crippen molar-refractivity contribution in [3.63, 3.8) is 0 Å². The predicted octanol–water partition coefficient (Wildman–Crippen LogP) is 0.623. The fourth-order valence-corrected chi connectivity index (χ4v) is 1.05. The fraction of sp³-hybridized carbons (Fsp3) is 0.556. The third-order valence-electron chi connectivity index (χ3n) is 1.87. The zero-order chi connectivity index (χ0) is 11.3. The van der Waals surface area contributed by atoms with Crippen molar-refractivity contribution in [2.75, 3.05) is 6.61 Å². The van der Waals surface area contributed by atoms with E-state index in [4.69, 9.17) is 10.00 Å². The van der Waals surface area contributed by atoms with Crippen molar-refractivity contribution in [1.29, 1.82) is 5.26 Å². The number of carbonyl (C=O) groups excluding carboxylic acids is 1. The van der Waals surface area contributed by atoms with E-state index in [0.717, 1.165) is 0 Å². The highest BCUT2D eigenvalue weighted by molar-refractivity contribution is 5.75. The summed E-state index contributed by atoms with van der Waals surface area (Å²) in [5.74, 6) is -1.39. The van der Waals surface area contributed by atoms with E-state index >= 15 is 0 Å². The molecule has 0 aliphatic heterocycles. The summed E-state index contributed by atoms with van der Waals surface area (Å²) in [4.78, 5) is 11.3. The van der Waals surface area contributed by atoms with Crippen LogP contribution in [0.15, 0.2) is 4.63 Å². The molecule has 80 valence electrons. The van der Waals surface area contributed by atoms with Gasteiger partial charge in [-0.2, -0.15) is 5.26 Å². The van der Waals surface area contributed by atoms with Gasteiger partial charge < -0.3 is 4.74 Å². The normalized spacial score (nSPS) is 11.8. The standard InChI is InChI=1S/C9H11N3O3/c1-3-14-9(13)7(5-10)4-8-6(2)11-15-12-8/h7H,3-4H2,1-2H3. The lowest BCUT2D eigenvalue weighted by molar-refractivity contribution is -0.146. The molecular formula is C9H11N3O3. The minimum absolute atomic E-state index is 0.171. The van der Waals surface area contributed by atoms with E-state index in [9.17, 15) is 4.79 Å². The zero-order valence-electron chi connectivity index (χ0n) is 8.56. The molecule has 0 amide bonds. The molecule has 0 aliphatic carbocycles. The Morgan fingerprint density at radius 1 is 1.67 bits per heavy atom. The summed E-state index contributed by atoms with van der Waals surface area (Å²) < 4.78 is 9.21. The van der Waals surface area contributed by atoms with Crippen LogP contribution in [0.3, 0.4) is 0 Å². The van der Waals surface area contributed by atoms with Gasteiger partial charge in [0.05, 0.1) is 12.7 Å². The van der Waals surface area contributed by atoms with E-state index in [1.165, 1.54) is 0 Å². The molecule has 1 rings (SSSR count). The van der Waals surface area contributed by atoms with Crippen LogP contribution in [-0.4, -0.2) is 22.9 Å². The van der Waals surface area contributed by atoms with Gasteiger partial charge in [0, 0.05) is 6.42 Å². The lowest BCUT2D eigenvalue weighted by atomic mass is 10.0. The van der Waals surface area contributed by atoms with Gasteiger partial charge >= 0.3 is 5.97 Å². The van der Waals surface area contributed by atoms with E-state index < -0.39 is 11.9 Å². The molecule has 0 bridgehead atoms. The minimum Gasteiger partial charge on any atom is -0.465 e. The second-order valence-electron chi connectivity index (χ2n) is 2.93. The first kappa shape index (κ1) is 11.2. The average molecular weight is 209 g/mol. The maximum atomic E-state index is 11.3.